The van der Waals surface area contributed by atoms with Gasteiger partial charge in [-0.2, -0.15) is 0 Å². The van der Waals surface area contributed by atoms with Gasteiger partial charge in [0.25, 0.3) is 5.91 Å². The van der Waals surface area contributed by atoms with Gasteiger partial charge in [0.05, 0.1) is 12.4 Å². The molecule has 1 aromatic carbocycles. The average molecular weight is 351 g/mol. The maximum absolute atomic E-state index is 12.2. The zero-order valence-corrected chi connectivity index (χ0v) is 14.9. The summed E-state index contributed by atoms with van der Waals surface area (Å²) in [6.45, 7) is 2.28. The summed E-state index contributed by atoms with van der Waals surface area (Å²) in [7, 11) is 0. The van der Waals surface area contributed by atoms with Crippen molar-refractivity contribution in [3.8, 4) is 0 Å². The van der Waals surface area contributed by atoms with Crippen LogP contribution in [0.4, 0.5) is 17.2 Å². The molecule has 6 nitrogen and oxygen atoms in total. The van der Waals surface area contributed by atoms with Crippen LogP contribution < -0.4 is 15.5 Å². The first kappa shape index (κ1) is 16.8. The topological polar surface area (TPSA) is 70.2 Å². The number of aromatic nitrogens is 2. The Kier molecular flexibility index (Phi) is 5.00. The van der Waals surface area contributed by atoms with Gasteiger partial charge in [0, 0.05) is 30.5 Å². The van der Waals surface area contributed by atoms with Crippen LogP contribution in [0.2, 0.25) is 0 Å². The Labute approximate surface area is 154 Å². The second-order valence-corrected chi connectivity index (χ2v) is 7.11. The molecule has 136 valence electrons. The maximum Gasteiger partial charge on any atom is 0.271 e. The molecule has 1 aromatic heterocycles. The van der Waals surface area contributed by atoms with E-state index in [2.05, 4.69) is 49.8 Å². The molecule has 0 radical (unpaired) electrons. The Morgan fingerprint density at radius 2 is 1.69 bits per heavy atom. The van der Waals surface area contributed by atoms with Crippen molar-refractivity contribution in [1.82, 2.24) is 15.3 Å². The maximum atomic E-state index is 12.2. The van der Waals surface area contributed by atoms with Crippen LogP contribution in [0.1, 0.15) is 49.0 Å². The normalized spacial score (nSPS) is 17.5. The molecule has 1 saturated carbocycles. The van der Waals surface area contributed by atoms with Crippen molar-refractivity contribution in [2.75, 3.05) is 23.3 Å². The highest BCUT2D eigenvalue weighted by molar-refractivity contribution is 5.92. The minimum absolute atomic E-state index is 0.133. The molecule has 0 bridgehead atoms. The summed E-state index contributed by atoms with van der Waals surface area (Å²) in [5, 5.41) is 6.27. The van der Waals surface area contributed by atoms with Crippen LogP contribution in [0.25, 0.3) is 0 Å². The van der Waals surface area contributed by atoms with E-state index in [1.807, 2.05) is 0 Å². The third kappa shape index (κ3) is 3.95. The Morgan fingerprint density at radius 1 is 0.962 bits per heavy atom. The second-order valence-electron chi connectivity index (χ2n) is 7.11. The number of amides is 1. The molecule has 1 aliphatic carbocycles. The van der Waals surface area contributed by atoms with Gasteiger partial charge >= 0.3 is 0 Å². The zero-order chi connectivity index (χ0) is 17.8. The molecule has 0 atom stereocenters. The summed E-state index contributed by atoms with van der Waals surface area (Å²) in [6.07, 6.45) is 10.2. The summed E-state index contributed by atoms with van der Waals surface area (Å²) >= 11 is 0. The highest BCUT2D eigenvalue weighted by atomic mass is 16.1. The highest BCUT2D eigenvalue weighted by Crippen LogP contribution is 2.23. The van der Waals surface area contributed by atoms with Crippen LogP contribution in [0.15, 0.2) is 36.7 Å². The first-order chi connectivity index (χ1) is 12.8. The monoisotopic (exact) mass is 351 g/mol. The molecule has 0 unspecified atom stereocenters. The Bertz CT molecular complexity index is 732. The van der Waals surface area contributed by atoms with E-state index in [1.54, 1.807) is 6.20 Å². The molecule has 1 aliphatic heterocycles. The van der Waals surface area contributed by atoms with Gasteiger partial charge in [-0.3, -0.25) is 4.79 Å². The van der Waals surface area contributed by atoms with Gasteiger partial charge in [-0.25, -0.2) is 9.97 Å². The number of benzene rings is 1. The van der Waals surface area contributed by atoms with Gasteiger partial charge in [-0.05, 0) is 49.9 Å². The van der Waals surface area contributed by atoms with Gasteiger partial charge in [-0.1, -0.05) is 12.8 Å². The van der Waals surface area contributed by atoms with Crippen molar-refractivity contribution < 1.29 is 4.79 Å². The standard InChI is InChI=1S/C20H25N5O/c26-20(24-15-5-1-2-6-15)18-13-22-19(14-21-18)23-16-7-9-17(10-8-16)25-11-3-4-12-25/h7-10,13-15H,1-6,11-12H2,(H,22,23)(H,24,26). The molecule has 2 N–H and O–H groups in total. The third-order valence-corrected chi connectivity index (χ3v) is 5.19. The summed E-state index contributed by atoms with van der Waals surface area (Å²) < 4.78 is 0. The van der Waals surface area contributed by atoms with E-state index < -0.39 is 0 Å². The lowest BCUT2D eigenvalue weighted by atomic mass is 10.2. The summed E-state index contributed by atoms with van der Waals surface area (Å²) in [5.41, 5.74) is 2.59. The molecule has 2 fully saturated rings. The molecule has 1 amide bonds. The molecular formula is C20H25N5O. The number of rotatable bonds is 5. The van der Waals surface area contributed by atoms with Gasteiger partial charge in [0.2, 0.25) is 0 Å². The van der Waals surface area contributed by atoms with Crippen molar-refractivity contribution in [2.45, 2.75) is 44.6 Å². The third-order valence-electron chi connectivity index (χ3n) is 5.19. The van der Waals surface area contributed by atoms with Crippen molar-refractivity contribution in [3.05, 3.63) is 42.4 Å². The average Bonchev–Trinajstić information content (AvgIpc) is 3.37. The SMILES string of the molecule is O=C(NC1CCCC1)c1cnc(Nc2ccc(N3CCCC3)cc2)cn1. The molecule has 6 heteroatoms. The largest absolute Gasteiger partial charge is 0.372 e. The fourth-order valence-corrected chi connectivity index (χ4v) is 3.72. The Hall–Kier alpha value is -2.63. The quantitative estimate of drug-likeness (QED) is 0.863. The lowest BCUT2D eigenvalue weighted by molar-refractivity contribution is 0.0932. The van der Waals surface area contributed by atoms with Crippen LogP contribution >= 0.6 is 0 Å². The molecule has 2 heterocycles. The highest BCUT2D eigenvalue weighted by Gasteiger charge is 2.18. The molecule has 2 aromatic rings. The lowest BCUT2D eigenvalue weighted by Gasteiger charge is -2.17. The number of nitrogens with one attached hydrogen (secondary N) is 2. The van der Waals surface area contributed by atoms with Crippen LogP contribution in [0.3, 0.4) is 0 Å². The molecule has 26 heavy (non-hydrogen) atoms. The predicted molar refractivity (Wildman–Crippen MR) is 103 cm³/mol. The second kappa shape index (κ2) is 7.72. The number of nitrogens with zero attached hydrogens (tertiary/aromatic N) is 3. The summed E-state index contributed by atoms with van der Waals surface area (Å²) in [4.78, 5) is 23.2. The Morgan fingerprint density at radius 3 is 2.35 bits per heavy atom. The first-order valence-corrected chi connectivity index (χ1v) is 9.53. The number of hydrogen-bond donors (Lipinski definition) is 2. The van der Waals surface area contributed by atoms with E-state index in [1.165, 1.54) is 37.6 Å². The smallest absolute Gasteiger partial charge is 0.271 e. The van der Waals surface area contributed by atoms with Gasteiger partial charge in [0.15, 0.2) is 0 Å². The van der Waals surface area contributed by atoms with Crippen molar-refractivity contribution in [3.63, 3.8) is 0 Å². The van der Waals surface area contributed by atoms with E-state index in [-0.39, 0.29) is 11.9 Å². The molecular weight excluding hydrogens is 326 g/mol. The minimum atomic E-state index is -0.133. The molecule has 1 saturated heterocycles. The first-order valence-electron chi connectivity index (χ1n) is 9.53. The van der Waals surface area contributed by atoms with Crippen molar-refractivity contribution >= 4 is 23.1 Å². The zero-order valence-electron chi connectivity index (χ0n) is 14.9. The summed E-state index contributed by atoms with van der Waals surface area (Å²) in [5.74, 6) is 0.502. The Balaban J connectivity index is 1.35. The van der Waals surface area contributed by atoms with E-state index in [4.69, 9.17) is 0 Å². The van der Waals surface area contributed by atoms with Gasteiger partial charge in [-0.15, -0.1) is 0 Å². The van der Waals surface area contributed by atoms with Crippen molar-refractivity contribution in [2.24, 2.45) is 0 Å². The lowest BCUT2D eigenvalue weighted by Crippen LogP contribution is -2.33. The van der Waals surface area contributed by atoms with Crippen LogP contribution in [0.5, 0.6) is 0 Å². The summed E-state index contributed by atoms with van der Waals surface area (Å²) in [6, 6.07) is 8.65. The molecule has 0 spiro atoms. The van der Waals surface area contributed by atoms with E-state index in [9.17, 15) is 4.79 Å². The van der Waals surface area contributed by atoms with E-state index >= 15 is 0 Å². The number of anilines is 3. The van der Waals surface area contributed by atoms with Crippen LogP contribution in [-0.2, 0) is 0 Å². The van der Waals surface area contributed by atoms with Gasteiger partial charge < -0.3 is 15.5 Å². The van der Waals surface area contributed by atoms with Gasteiger partial charge in [0.1, 0.15) is 11.5 Å². The number of carbonyl (C=O) groups is 1. The number of carbonyl (C=O) groups excluding carboxylic acids is 1. The van der Waals surface area contributed by atoms with Crippen molar-refractivity contribution in [1.29, 1.82) is 0 Å². The minimum Gasteiger partial charge on any atom is -0.372 e. The van der Waals surface area contributed by atoms with Crippen LogP contribution in [-0.4, -0.2) is 35.0 Å². The fraction of sp³-hybridized carbons (Fsp3) is 0.450. The molecule has 4 rings (SSSR count). The van der Waals surface area contributed by atoms with Crippen LogP contribution in [0, 0.1) is 0 Å². The van der Waals surface area contributed by atoms with E-state index in [0.717, 1.165) is 31.6 Å². The fourth-order valence-electron chi connectivity index (χ4n) is 3.72. The van der Waals surface area contributed by atoms with E-state index in [0.29, 0.717) is 11.5 Å². The predicted octanol–water partition coefficient (Wildman–Crippen LogP) is 3.49. The number of hydrogen-bond acceptors (Lipinski definition) is 5. The molecule has 2 aliphatic rings.